The summed E-state index contributed by atoms with van der Waals surface area (Å²) in [4.78, 5) is 41.0. The van der Waals surface area contributed by atoms with E-state index in [1.165, 1.54) is 4.90 Å². The Morgan fingerprint density at radius 3 is 2.21 bits per heavy atom. The lowest BCUT2D eigenvalue weighted by molar-refractivity contribution is -0.133. The fourth-order valence-corrected chi connectivity index (χ4v) is 4.17. The normalized spacial score (nSPS) is 18.7. The van der Waals surface area contributed by atoms with E-state index < -0.39 is 5.54 Å². The lowest BCUT2D eigenvalue weighted by Gasteiger charge is -2.40. The number of aromatic nitrogens is 2. The van der Waals surface area contributed by atoms with Gasteiger partial charge < -0.3 is 14.7 Å². The van der Waals surface area contributed by atoms with Gasteiger partial charge in [-0.15, -0.1) is 0 Å². The maximum absolute atomic E-state index is 12.7. The molecule has 3 heterocycles. The van der Waals surface area contributed by atoms with E-state index in [2.05, 4.69) is 39.0 Å². The molecule has 0 saturated carbocycles. The first-order chi connectivity index (χ1) is 13.8. The highest BCUT2D eigenvalue weighted by Crippen LogP contribution is 2.36. The molecular formula is C21H26N6O2. The molecule has 8 nitrogen and oxygen atoms in total. The molecule has 0 unspecified atom stereocenters. The molecule has 29 heavy (non-hydrogen) atoms. The summed E-state index contributed by atoms with van der Waals surface area (Å²) in [5.74, 6) is 0.544. The Morgan fingerprint density at radius 1 is 1.00 bits per heavy atom. The van der Waals surface area contributed by atoms with Crippen molar-refractivity contribution in [3.05, 3.63) is 36.5 Å². The molecule has 4 rings (SSSR count). The quantitative estimate of drug-likeness (QED) is 0.742. The van der Waals surface area contributed by atoms with Gasteiger partial charge in [-0.2, -0.15) is 0 Å². The zero-order chi connectivity index (χ0) is 20.8. The summed E-state index contributed by atoms with van der Waals surface area (Å²) < 4.78 is 0. The highest BCUT2D eigenvalue weighted by atomic mass is 16.2. The standard InChI is InChI=1S/C21H26N6O2/c1-24(2)16-7-5-15(6-8-16)17-9-12-22-19(23-17)27-13-10-21(11-14-27)18(28)25(3)20(29)26(21)4/h5-9,12H,10-11,13-14H2,1-4H3. The van der Waals surface area contributed by atoms with Crippen LogP contribution in [0.25, 0.3) is 11.3 Å². The van der Waals surface area contributed by atoms with Crippen LogP contribution in [0, 0.1) is 0 Å². The SMILES string of the molecule is CN1C(=O)N(C)C2(CCN(c3nccc(-c4ccc(N(C)C)cc4)n3)CC2)C1=O. The van der Waals surface area contributed by atoms with Crippen LogP contribution in [0.3, 0.4) is 0 Å². The molecule has 1 aromatic carbocycles. The minimum atomic E-state index is -0.734. The summed E-state index contributed by atoms with van der Waals surface area (Å²) in [7, 11) is 7.29. The Bertz CT molecular complexity index is 934. The Morgan fingerprint density at radius 2 is 1.66 bits per heavy atom. The highest BCUT2D eigenvalue weighted by molar-refractivity contribution is 6.06. The summed E-state index contributed by atoms with van der Waals surface area (Å²) in [5.41, 5.74) is 2.30. The molecule has 0 radical (unpaired) electrons. The number of carbonyl (C=O) groups excluding carboxylic acids is 2. The number of urea groups is 1. The monoisotopic (exact) mass is 394 g/mol. The summed E-state index contributed by atoms with van der Waals surface area (Å²) >= 11 is 0. The molecule has 2 aliphatic rings. The number of rotatable bonds is 3. The van der Waals surface area contributed by atoms with Crippen LogP contribution in [0.15, 0.2) is 36.5 Å². The highest BCUT2D eigenvalue weighted by Gasteiger charge is 2.55. The van der Waals surface area contributed by atoms with Gasteiger partial charge in [-0.25, -0.2) is 14.8 Å². The molecule has 0 bridgehead atoms. The number of piperidine rings is 1. The van der Waals surface area contributed by atoms with Gasteiger partial charge in [-0.3, -0.25) is 9.69 Å². The lowest BCUT2D eigenvalue weighted by Crippen LogP contribution is -2.55. The van der Waals surface area contributed by atoms with Crippen molar-refractivity contribution < 1.29 is 9.59 Å². The molecule has 2 aromatic rings. The second-order valence-electron chi connectivity index (χ2n) is 7.91. The Kier molecular flexibility index (Phi) is 4.64. The van der Waals surface area contributed by atoms with E-state index in [0.717, 1.165) is 16.9 Å². The van der Waals surface area contributed by atoms with E-state index in [9.17, 15) is 9.59 Å². The van der Waals surface area contributed by atoms with E-state index in [-0.39, 0.29) is 11.9 Å². The second-order valence-corrected chi connectivity index (χ2v) is 7.91. The molecule has 1 aromatic heterocycles. The number of nitrogens with zero attached hydrogens (tertiary/aromatic N) is 6. The van der Waals surface area contributed by atoms with E-state index in [4.69, 9.17) is 4.98 Å². The van der Waals surface area contributed by atoms with Crippen molar-refractivity contribution in [2.24, 2.45) is 0 Å². The third-order valence-corrected chi connectivity index (χ3v) is 6.11. The number of imide groups is 1. The first kappa shape index (κ1) is 19.2. The van der Waals surface area contributed by atoms with Gasteiger partial charge in [0.1, 0.15) is 5.54 Å². The predicted molar refractivity (Wildman–Crippen MR) is 112 cm³/mol. The molecule has 8 heteroatoms. The van der Waals surface area contributed by atoms with Crippen molar-refractivity contribution in [3.63, 3.8) is 0 Å². The van der Waals surface area contributed by atoms with Crippen LogP contribution in [-0.2, 0) is 4.79 Å². The van der Waals surface area contributed by atoms with Gasteiger partial charge in [-0.05, 0) is 31.0 Å². The van der Waals surface area contributed by atoms with Crippen molar-refractivity contribution in [1.29, 1.82) is 0 Å². The Hall–Kier alpha value is -3.16. The predicted octanol–water partition coefficient (Wildman–Crippen LogP) is 2.07. The Balaban J connectivity index is 1.52. The van der Waals surface area contributed by atoms with Crippen LogP contribution in [0.4, 0.5) is 16.4 Å². The van der Waals surface area contributed by atoms with E-state index in [1.807, 2.05) is 20.2 Å². The zero-order valence-corrected chi connectivity index (χ0v) is 17.3. The van der Waals surface area contributed by atoms with E-state index in [1.54, 1.807) is 25.2 Å². The van der Waals surface area contributed by atoms with Crippen LogP contribution in [0.5, 0.6) is 0 Å². The molecule has 2 saturated heterocycles. The number of amides is 3. The minimum absolute atomic E-state index is 0.111. The van der Waals surface area contributed by atoms with Gasteiger partial charge in [0.05, 0.1) is 5.69 Å². The van der Waals surface area contributed by atoms with Gasteiger partial charge >= 0.3 is 6.03 Å². The Labute approximate surface area is 170 Å². The second kappa shape index (κ2) is 7.02. The molecular weight excluding hydrogens is 368 g/mol. The molecule has 1 spiro atoms. The third-order valence-electron chi connectivity index (χ3n) is 6.11. The average molecular weight is 394 g/mol. The van der Waals surface area contributed by atoms with Gasteiger partial charge in [0.15, 0.2) is 0 Å². The number of hydrogen-bond acceptors (Lipinski definition) is 6. The summed E-state index contributed by atoms with van der Waals surface area (Å²) in [5, 5.41) is 0. The van der Waals surface area contributed by atoms with Crippen LogP contribution in [-0.4, -0.2) is 78.5 Å². The molecule has 152 valence electrons. The van der Waals surface area contributed by atoms with Gasteiger partial charge in [-0.1, -0.05) is 12.1 Å². The third kappa shape index (κ3) is 3.08. The molecule has 0 atom stereocenters. The maximum atomic E-state index is 12.7. The molecule has 3 amide bonds. The van der Waals surface area contributed by atoms with Gasteiger partial charge in [0.2, 0.25) is 5.95 Å². The van der Waals surface area contributed by atoms with Crippen LogP contribution >= 0.6 is 0 Å². The van der Waals surface area contributed by atoms with Crippen molar-refractivity contribution >= 4 is 23.6 Å². The van der Waals surface area contributed by atoms with Crippen LogP contribution in [0.2, 0.25) is 0 Å². The minimum Gasteiger partial charge on any atom is -0.378 e. The van der Waals surface area contributed by atoms with E-state index >= 15 is 0 Å². The van der Waals surface area contributed by atoms with Crippen molar-refractivity contribution in [2.75, 3.05) is 51.1 Å². The first-order valence-electron chi connectivity index (χ1n) is 9.75. The average Bonchev–Trinajstić information content (AvgIpc) is 2.90. The molecule has 2 aliphatic heterocycles. The van der Waals surface area contributed by atoms with Crippen LogP contribution in [0.1, 0.15) is 12.8 Å². The van der Waals surface area contributed by atoms with Crippen molar-refractivity contribution in [1.82, 2.24) is 19.8 Å². The van der Waals surface area contributed by atoms with E-state index in [0.29, 0.717) is 31.9 Å². The number of hydrogen-bond donors (Lipinski definition) is 0. The summed E-state index contributed by atoms with van der Waals surface area (Å²) in [6, 6.07) is 9.91. The maximum Gasteiger partial charge on any atom is 0.327 e. The number of anilines is 2. The summed E-state index contributed by atoms with van der Waals surface area (Å²) in [6.45, 7) is 1.25. The fraction of sp³-hybridized carbons (Fsp3) is 0.429. The first-order valence-corrected chi connectivity index (χ1v) is 9.75. The van der Waals surface area contributed by atoms with Crippen molar-refractivity contribution in [3.8, 4) is 11.3 Å². The zero-order valence-electron chi connectivity index (χ0n) is 17.3. The smallest absolute Gasteiger partial charge is 0.327 e. The topological polar surface area (TPSA) is 72.9 Å². The fourth-order valence-electron chi connectivity index (χ4n) is 4.17. The lowest BCUT2D eigenvalue weighted by atomic mass is 9.86. The van der Waals surface area contributed by atoms with Gasteiger partial charge in [0.25, 0.3) is 5.91 Å². The number of likely N-dealkylation sites (N-methyl/N-ethyl adjacent to an activating group) is 2. The largest absolute Gasteiger partial charge is 0.378 e. The van der Waals surface area contributed by atoms with Crippen molar-refractivity contribution in [2.45, 2.75) is 18.4 Å². The molecule has 2 fully saturated rings. The summed E-state index contributed by atoms with van der Waals surface area (Å²) in [6.07, 6.45) is 2.92. The van der Waals surface area contributed by atoms with Gasteiger partial charge in [0, 0.05) is 58.7 Å². The number of carbonyl (C=O) groups is 2. The van der Waals surface area contributed by atoms with Crippen LogP contribution < -0.4 is 9.80 Å². The molecule has 0 aliphatic carbocycles. The number of benzene rings is 1. The molecule has 0 N–H and O–H groups in total.